The predicted molar refractivity (Wildman–Crippen MR) is 72.1 cm³/mol. The van der Waals surface area contributed by atoms with Crippen LogP contribution in [-0.2, 0) is 0 Å². The zero-order chi connectivity index (χ0) is 13.0. The molecule has 0 saturated heterocycles. The number of nitrogens with two attached hydrogens (primary N) is 1. The second-order valence-electron chi connectivity index (χ2n) is 4.43. The van der Waals surface area contributed by atoms with Crippen molar-refractivity contribution >= 4 is 23.1 Å². The number of hydrogen-bond acceptors (Lipinski definition) is 4. The topological polar surface area (TPSA) is 72.1 Å². The molecule has 0 aromatic carbocycles. The first-order chi connectivity index (χ1) is 8.68. The van der Waals surface area contributed by atoms with Gasteiger partial charge < -0.3 is 10.6 Å². The maximum Gasteiger partial charge on any atom is 0.274 e. The van der Waals surface area contributed by atoms with Crippen LogP contribution in [0.15, 0.2) is 18.6 Å². The molecule has 0 radical (unpaired) electrons. The number of nitrogens with zero attached hydrogens (tertiary/aromatic N) is 3. The highest BCUT2D eigenvalue weighted by Gasteiger charge is 2.28. The van der Waals surface area contributed by atoms with E-state index in [4.69, 9.17) is 18.0 Å². The van der Waals surface area contributed by atoms with Gasteiger partial charge >= 0.3 is 0 Å². The van der Waals surface area contributed by atoms with Gasteiger partial charge in [-0.3, -0.25) is 9.78 Å². The summed E-state index contributed by atoms with van der Waals surface area (Å²) in [5.74, 6) is -0.136. The van der Waals surface area contributed by atoms with Crippen LogP contribution in [0.1, 0.15) is 36.2 Å². The van der Waals surface area contributed by atoms with Crippen molar-refractivity contribution in [2.45, 2.75) is 31.7 Å². The first-order valence-electron chi connectivity index (χ1n) is 6.04. The Bertz CT molecular complexity index is 431. The van der Waals surface area contributed by atoms with Gasteiger partial charge in [0.25, 0.3) is 5.91 Å². The van der Waals surface area contributed by atoms with Gasteiger partial charge in [-0.05, 0) is 12.8 Å². The maximum absolute atomic E-state index is 12.4. The normalized spacial score (nSPS) is 15.6. The molecule has 1 aromatic rings. The van der Waals surface area contributed by atoms with E-state index in [1.54, 1.807) is 11.1 Å². The minimum Gasteiger partial charge on any atom is -0.392 e. The standard InChI is InChI=1S/C12H16N4OS/c13-11(18)8-16(9-3-1-2-4-9)12(17)10-7-14-5-6-15-10/h5-7,9H,1-4,8H2,(H2,13,18). The van der Waals surface area contributed by atoms with E-state index >= 15 is 0 Å². The van der Waals surface area contributed by atoms with Crippen LogP contribution in [0.3, 0.4) is 0 Å². The molecule has 5 nitrogen and oxygen atoms in total. The molecule has 18 heavy (non-hydrogen) atoms. The van der Waals surface area contributed by atoms with Crippen molar-refractivity contribution in [3.05, 3.63) is 24.3 Å². The van der Waals surface area contributed by atoms with Gasteiger partial charge in [0.1, 0.15) is 5.69 Å². The first kappa shape index (κ1) is 12.9. The van der Waals surface area contributed by atoms with Crippen LogP contribution in [0.25, 0.3) is 0 Å². The second-order valence-corrected chi connectivity index (χ2v) is 4.95. The molecule has 1 saturated carbocycles. The van der Waals surface area contributed by atoms with Gasteiger partial charge in [-0.1, -0.05) is 25.1 Å². The zero-order valence-corrected chi connectivity index (χ0v) is 10.9. The van der Waals surface area contributed by atoms with Crippen LogP contribution < -0.4 is 5.73 Å². The van der Waals surface area contributed by atoms with Crippen LogP contribution in [0.5, 0.6) is 0 Å². The number of carbonyl (C=O) groups is 1. The van der Waals surface area contributed by atoms with Crippen molar-refractivity contribution in [3.8, 4) is 0 Å². The summed E-state index contributed by atoms with van der Waals surface area (Å²) in [5.41, 5.74) is 5.93. The molecule has 0 atom stereocenters. The molecule has 96 valence electrons. The molecule has 1 aromatic heterocycles. The molecule has 1 heterocycles. The van der Waals surface area contributed by atoms with E-state index in [1.807, 2.05) is 0 Å². The molecule has 0 unspecified atom stereocenters. The molecule has 2 N–H and O–H groups in total. The SMILES string of the molecule is NC(=S)CN(C(=O)c1cnccn1)C1CCCC1. The van der Waals surface area contributed by atoms with Crippen molar-refractivity contribution in [3.63, 3.8) is 0 Å². The van der Waals surface area contributed by atoms with Gasteiger partial charge in [-0.15, -0.1) is 0 Å². The van der Waals surface area contributed by atoms with Crippen molar-refractivity contribution in [2.75, 3.05) is 6.54 Å². The van der Waals surface area contributed by atoms with Gasteiger partial charge in [0.05, 0.1) is 17.7 Å². The van der Waals surface area contributed by atoms with Gasteiger partial charge in [0, 0.05) is 18.4 Å². The fraction of sp³-hybridized carbons (Fsp3) is 0.500. The summed E-state index contributed by atoms with van der Waals surface area (Å²) < 4.78 is 0. The molecular weight excluding hydrogens is 248 g/mol. The Balaban J connectivity index is 2.17. The lowest BCUT2D eigenvalue weighted by Crippen LogP contribution is -2.44. The molecule has 1 fully saturated rings. The highest BCUT2D eigenvalue weighted by atomic mass is 32.1. The van der Waals surface area contributed by atoms with Gasteiger partial charge in [0.15, 0.2) is 0 Å². The van der Waals surface area contributed by atoms with E-state index in [0.717, 1.165) is 25.7 Å². The summed E-state index contributed by atoms with van der Waals surface area (Å²) in [7, 11) is 0. The van der Waals surface area contributed by atoms with Crippen LogP contribution in [0, 0.1) is 0 Å². The highest BCUT2D eigenvalue weighted by Crippen LogP contribution is 2.24. The lowest BCUT2D eigenvalue weighted by molar-refractivity contribution is 0.0708. The van der Waals surface area contributed by atoms with Gasteiger partial charge in [0.2, 0.25) is 0 Å². The summed E-state index contributed by atoms with van der Waals surface area (Å²) in [6, 6.07) is 0.223. The smallest absolute Gasteiger partial charge is 0.274 e. The van der Waals surface area contributed by atoms with E-state index < -0.39 is 0 Å². The van der Waals surface area contributed by atoms with Crippen molar-refractivity contribution in [1.29, 1.82) is 0 Å². The number of thiocarbonyl (C=S) groups is 1. The third-order valence-corrected chi connectivity index (χ3v) is 3.26. The van der Waals surface area contributed by atoms with Gasteiger partial charge in [-0.2, -0.15) is 0 Å². The number of hydrogen-bond donors (Lipinski definition) is 1. The van der Waals surface area contributed by atoms with Crippen molar-refractivity contribution < 1.29 is 4.79 Å². The molecule has 0 aliphatic heterocycles. The lowest BCUT2D eigenvalue weighted by Gasteiger charge is -2.28. The van der Waals surface area contributed by atoms with Crippen LogP contribution in [0.4, 0.5) is 0 Å². The average Bonchev–Trinajstić information content (AvgIpc) is 2.89. The number of amides is 1. The molecule has 1 aliphatic carbocycles. The minimum absolute atomic E-state index is 0.136. The first-order valence-corrected chi connectivity index (χ1v) is 6.44. The second kappa shape index (κ2) is 5.86. The summed E-state index contributed by atoms with van der Waals surface area (Å²) in [5, 5.41) is 0. The van der Waals surface area contributed by atoms with Gasteiger partial charge in [-0.25, -0.2) is 4.98 Å². The molecule has 6 heteroatoms. The largest absolute Gasteiger partial charge is 0.392 e. The Morgan fingerprint density at radius 1 is 1.44 bits per heavy atom. The molecule has 0 spiro atoms. The quantitative estimate of drug-likeness (QED) is 0.826. The fourth-order valence-corrected chi connectivity index (χ4v) is 2.45. The van der Waals surface area contributed by atoms with E-state index in [-0.39, 0.29) is 11.9 Å². The summed E-state index contributed by atoms with van der Waals surface area (Å²) in [6.45, 7) is 0.315. The number of aromatic nitrogens is 2. The number of rotatable bonds is 4. The third kappa shape index (κ3) is 3.01. The Hall–Kier alpha value is -1.56. The summed E-state index contributed by atoms with van der Waals surface area (Å²) in [6.07, 6.45) is 8.84. The maximum atomic E-state index is 12.4. The number of carbonyl (C=O) groups excluding carboxylic acids is 1. The lowest BCUT2D eigenvalue weighted by atomic mass is 10.2. The molecule has 1 aliphatic rings. The Kier molecular flexibility index (Phi) is 4.19. The zero-order valence-electron chi connectivity index (χ0n) is 10.1. The van der Waals surface area contributed by atoms with E-state index in [9.17, 15) is 4.79 Å². The van der Waals surface area contributed by atoms with E-state index in [0.29, 0.717) is 17.2 Å². The van der Waals surface area contributed by atoms with E-state index in [2.05, 4.69) is 9.97 Å². The molecule has 2 rings (SSSR count). The van der Waals surface area contributed by atoms with Crippen molar-refractivity contribution in [1.82, 2.24) is 14.9 Å². The van der Waals surface area contributed by atoms with E-state index in [1.165, 1.54) is 12.4 Å². The van der Waals surface area contributed by atoms with Crippen LogP contribution >= 0.6 is 12.2 Å². The van der Waals surface area contributed by atoms with Crippen molar-refractivity contribution in [2.24, 2.45) is 5.73 Å². The Morgan fingerprint density at radius 2 is 2.17 bits per heavy atom. The summed E-state index contributed by atoms with van der Waals surface area (Å²) in [4.78, 5) is 22.4. The fourth-order valence-electron chi connectivity index (χ4n) is 2.31. The van der Waals surface area contributed by atoms with Crippen LogP contribution in [0.2, 0.25) is 0 Å². The third-order valence-electron chi connectivity index (χ3n) is 3.13. The highest BCUT2D eigenvalue weighted by molar-refractivity contribution is 7.80. The molecular formula is C12H16N4OS. The average molecular weight is 264 g/mol. The summed E-state index contributed by atoms with van der Waals surface area (Å²) >= 11 is 4.92. The monoisotopic (exact) mass is 264 g/mol. The molecule has 0 bridgehead atoms. The Morgan fingerprint density at radius 3 is 2.72 bits per heavy atom. The predicted octanol–water partition coefficient (Wildman–Crippen LogP) is 1.15. The van der Waals surface area contributed by atoms with Crippen LogP contribution in [-0.4, -0.2) is 38.4 Å². The molecule has 1 amide bonds. The Labute approximate surface area is 111 Å². The minimum atomic E-state index is -0.136.